The van der Waals surface area contributed by atoms with E-state index in [0.717, 1.165) is 24.5 Å². The smallest absolute Gasteiger partial charge is 0.126 e. The lowest BCUT2D eigenvalue weighted by atomic mass is 10.2. The topological polar surface area (TPSA) is 34.1 Å². The minimum Gasteiger partial charge on any atom is -0.385 e. The van der Waals surface area contributed by atoms with E-state index in [-0.39, 0.29) is 0 Å². The van der Waals surface area contributed by atoms with Gasteiger partial charge in [0.15, 0.2) is 0 Å². The van der Waals surface area contributed by atoms with Crippen molar-refractivity contribution in [2.45, 2.75) is 33.2 Å². The molecule has 0 fully saturated rings. The van der Waals surface area contributed by atoms with Gasteiger partial charge in [0.2, 0.25) is 0 Å². The van der Waals surface area contributed by atoms with Crippen molar-refractivity contribution in [2.75, 3.05) is 19.0 Å². The summed E-state index contributed by atoms with van der Waals surface area (Å²) in [6.45, 7) is 7.01. The number of hydrogen-bond acceptors (Lipinski definition) is 3. The van der Waals surface area contributed by atoms with E-state index in [4.69, 9.17) is 4.74 Å². The first-order valence-electron chi connectivity index (χ1n) is 5.32. The highest BCUT2D eigenvalue weighted by Gasteiger charge is 2.03. The molecule has 1 rings (SSSR count). The average Bonchev–Trinajstić information content (AvgIpc) is 2.13. The lowest BCUT2D eigenvalue weighted by Gasteiger charge is -2.14. The Bertz CT molecular complexity index is 292. The van der Waals surface area contributed by atoms with Crippen LogP contribution in [0.5, 0.6) is 0 Å². The minimum atomic E-state index is 0.388. The second-order valence-electron chi connectivity index (χ2n) is 4.00. The highest BCUT2D eigenvalue weighted by molar-refractivity contribution is 5.39. The summed E-state index contributed by atoms with van der Waals surface area (Å²) in [6.07, 6.45) is 0.991. The summed E-state index contributed by atoms with van der Waals surface area (Å²) >= 11 is 0. The van der Waals surface area contributed by atoms with Gasteiger partial charge in [-0.25, -0.2) is 4.98 Å². The van der Waals surface area contributed by atoms with Gasteiger partial charge >= 0.3 is 0 Å². The number of aryl methyl sites for hydroxylation is 2. The van der Waals surface area contributed by atoms with Gasteiger partial charge in [0, 0.05) is 25.5 Å². The molecule has 0 radical (unpaired) electrons. The number of pyridine rings is 1. The predicted octanol–water partition coefficient (Wildman–Crippen LogP) is 2.54. The highest BCUT2D eigenvalue weighted by atomic mass is 16.5. The average molecular weight is 208 g/mol. The van der Waals surface area contributed by atoms with Crippen LogP contribution < -0.4 is 5.32 Å². The maximum atomic E-state index is 5.04. The van der Waals surface area contributed by atoms with Crippen LogP contribution in [-0.2, 0) is 4.74 Å². The van der Waals surface area contributed by atoms with Gasteiger partial charge in [-0.2, -0.15) is 0 Å². The Labute approximate surface area is 91.9 Å². The van der Waals surface area contributed by atoms with Crippen LogP contribution >= 0.6 is 0 Å². The van der Waals surface area contributed by atoms with Gasteiger partial charge in [0.1, 0.15) is 5.82 Å². The molecule has 84 valence electrons. The second kappa shape index (κ2) is 5.71. The molecule has 0 bridgehead atoms. The van der Waals surface area contributed by atoms with Gasteiger partial charge in [0.25, 0.3) is 0 Å². The summed E-state index contributed by atoms with van der Waals surface area (Å²) < 4.78 is 5.04. The molecule has 0 saturated heterocycles. The summed E-state index contributed by atoms with van der Waals surface area (Å²) in [5, 5.41) is 3.37. The van der Waals surface area contributed by atoms with E-state index in [1.807, 2.05) is 6.92 Å². The Morgan fingerprint density at radius 1 is 1.40 bits per heavy atom. The number of ether oxygens (including phenoxy) is 1. The Morgan fingerprint density at radius 2 is 2.13 bits per heavy atom. The van der Waals surface area contributed by atoms with Crippen molar-refractivity contribution in [2.24, 2.45) is 0 Å². The lowest BCUT2D eigenvalue weighted by Crippen LogP contribution is -2.18. The highest BCUT2D eigenvalue weighted by Crippen LogP contribution is 2.11. The monoisotopic (exact) mass is 208 g/mol. The molecule has 0 spiro atoms. The molecule has 1 N–H and O–H groups in total. The van der Waals surface area contributed by atoms with Crippen molar-refractivity contribution in [3.8, 4) is 0 Å². The molecule has 1 unspecified atom stereocenters. The molecular formula is C12H20N2O. The van der Waals surface area contributed by atoms with Crippen LogP contribution in [0.15, 0.2) is 12.1 Å². The van der Waals surface area contributed by atoms with E-state index in [2.05, 4.69) is 36.3 Å². The third-order valence-electron chi connectivity index (χ3n) is 2.25. The largest absolute Gasteiger partial charge is 0.385 e. The fraction of sp³-hybridized carbons (Fsp3) is 0.583. The number of rotatable bonds is 5. The molecule has 0 amide bonds. The number of methoxy groups -OCH3 is 1. The van der Waals surface area contributed by atoms with Crippen LogP contribution in [0.2, 0.25) is 0 Å². The van der Waals surface area contributed by atoms with Crippen molar-refractivity contribution in [3.05, 3.63) is 23.4 Å². The van der Waals surface area contributed by atoms with Crippen LogP contribution in [-0.4, -0.2) is 24.7 Å². The first-order valence-corrected chi connectivity index (χ1v) is 5.32. The fourth-order valence-corrected chi connectivity index (χ4v) is 1.53. The molecule has 0 aliphatic carbocycles. The quantitative estimate of drug-likeness (QED) is 0.807. The molecule has 0 aliphatic rings. The third kappa shape index (κ3) is 4.30. The standard InChI is InChI=1S/C12H20N2O/c1-9-7-11(3)14-12(8-9)13-10(2)5-6-15-4/h7-8,10H,5-6H2,1-4H3,(H,13,14). The molecule has 1 heterocycles. The molecule has 3 heteroatoms. The van der Waals surface area contributed by atoms with E-state index in [9.17, 15) is 0 Å². The van der Waals surface area contributed by atoms with Gasteiger partial charge in [-0.05, 0) is 44.9 Å². The van der Waals surface area contributed by atoms with Crippen LogP contribution in [0.3, 0.4) is 0 Å². The molecule has 0 saturated carbocycles. The molecular weight excluding hydrogens is 188 g/mol. The Morgan fingerprint density at radius 3 is 2.73 bits per heavy atom. The number of anilines is 1. The number of aromatic nitrogens is 1. The van der Waals surface area contributed by atoms with Crippen molar-refractivity contribution in [1.82, 2.24) is 4.98 Å². The van der Waals surface area contributed by atoms with E-state index in [1.165, 1.54) is 5.56 Å². The van der Waals surface area contributed by atoms with Gasteiger partial charge in [0.05, 0.1) is 0 Å². The molecule has 0 aromatic carbocycles. The maximum Gasteiger partial charge on any atom is 0.126 e. The van der Waals surface area contributed by atoms with E-state index >= 15 is 0 Å². The van der Waals surface area contributed by atoms with Gasteiger partial charge in [-0.1, -0.05) is 0 Å². The zero-order valence-corrected chi connectivity index (χ0v) is 10.0. The Kier molecular flexibility index (Phi) is 4.56. The first-order chi connectivity index (χ1) is 7.11. The number of hydrogen-bond donors (Lipinski definition) is 1. The zero-order chi connectivity index (χ0) is 11.3. The van der Waals surface area contributed by atoms with Gasteiger partial charge in [-0.3, -0.25) is 0 Å². The van der Waals surface area contributed by atoms with Crippen molar-refractivity contribution >= 4 is 5.82 Å². The zero-order valence-electron chi connectivity index (χ0n) is 10.0. The summed E-state index contributed by atoms with van der Waals surface area (Å²) in [7, 11) is 1.72. The van der Waals surface area contributed by atoms with Crippen LogP contribution in [0.4, 0.5) is 5.82 Å². The van der Waals surface area contributed by atoms with Crippen LogP contribution in [0.25, 0.3) is 0 Å². The molecule has 0 aliphatic heterocycles. The third-order valence-corrected chi connectivity index (χ3v) is 2.25. The summed E-state index contributed by atoms with van der Waals surface area (Å²) in [5.74, 6) is 0.955. The molecule has 1 aromatic heterocycles. The van der Waals surface area contributed by atoms with Crippen molar-refractivity contribution < 1.29 is 4.74 Å². The predicted molar refractivity (Wildman–Crippen MR) is 63.3 cm³/mol. The fourth-order valence-electron chi connectivity index (χ4n) is 1.53. The summed E-state index contributed by atoms with van der Waals surface area (Å²) in [4.78, 5) is 4.43. The van der Waals surface area contributed by atoms with E-state index in [1.54, 1.807) is 7.11 Å². The van der Waals surface area contributed by atoms with E-state index in [0.29, 0.717) is 6.04 Å². The number of nitrogens with one attached hydrogen (secondary N) is 1. The molecule has 15 heavy (non-hydrogen) atoms. The van der Waals surface area contributed by atoms with Crippen molar-refractivity contribution in [3.63, 3.8) is 0 Å². The van der Waals surface area contributed by atoms with Crippen LogP contribution in [0.1, 0.15) is 24.6 Å². The number of nitrogens with zero attached hydrogens (tertiary/aromatic N) is 1. The normalized spacial score (nSPS) is 12.5. The second-order valence-corrected chi connectivity index (χ2v) is 4.00. The lowest BCUT2D eigenvalue weighted by molar-refractivity contribution is 0.191. The maximum absolute atomic E-state index is 5.04. The van der Waals surface area contributed by atoms with E-state index < -0.39 is 0 Å². The van der Waals surface area contributed by atoms with Gasteiger partial charge < -0.3 is 10.1 Å². The molecule has 1 atom stereocenters. The SMILES string of the molecule is COCCC(C)Nc1cc(C)cc(C)n1. The Balaban J connectivity index is 2.56. The summed E-state index contributed by atoms with van der Waals surface area (Å²) in [5.41, 5.74) is 2.29. The van der Waals surface area contributed by atoms with Crippen LogP contribution in [0, 0.1) is 13.8 Å². The van der Waals surface area contributed by atoms with Gasteiger partial charge in [-0.15, -0.1) is 0 Å². The molecule has 3 nitrogen and oxygen atoms in total. The minimum absolute atomic E-state index is 0.388. The molecule has 1 aromatic rings. The Hall–Kier alpha value is -1.09. The van der Waals surface area contributed by atoms with Crippen molar-refractivity contribution in [1.29, 1.82) is 0 Å². The summed E-state index contributed by atoms with van der Waals surface area (Å²) in [6, 6.07) is 4.53. The first kappa shape index (κ1) is 12.0.